The van der Waals surface area contributed by atoms with E-state index < -0.39 is 7.12 Å². The van der Waals surface area contributed by atoms with E-state index in [1.165, 1.54) is 18.8 Å². The van der Waals surface area contributed by atoms with Crippen LogP contribution in [0.2, 0.25) is 0 Å². The van der Waals surface area contributed by atoms with Crippen LogP contribution in [0.25, 0.3) is 0 Å². The molecule has 1 aliphatic carbocycles. The number of hydrogen-bond donors (Lipinski definition) is 2. The second kappa shape index (κ2) is 2.33. The van der Waals surface area contributed by atoms with Crippen LogP contribution in [-0.4, -0.2) is 17.2 Å². The third-order valence-corrected chi connectivity index (χ3v) is 1.18. The van der Waals surface area contributed by atoms with Crippen molar-refractivity contribution in [3.05, 3.63) is 12.1 Å². The first-order valence-electron chi connectivity index (χ1n) is 2.83. The minimum absolute atomic E-state index is 0.636. The maximum atomic E-state index is 8.30. The summed E-state index contributed by atoms with van der Waals surface area (Å²) in [4.78, 5) is 0. The normalized spacial score (nSPS) is 19.8. The Hall–Kier alpha value is -0.275. The summed E-state index contributed by atoms with van der Waals surface area (Å²) in [6.07, 6.45) is 4.27. The van der Waals surface area contributed by atoms with E-state index in [1.54, 1.807) is 0 Å². The summed E-state index contributed by atoms with van der Waals surface area (Å²) in [6, 6.07) is 0. The van der Waals surface area contributed by atoms with E-state index in [2.05, 4.69) is 0 Å². The van der Waals surface area contributed by atoms with E-state index in [9.17, 15) is 0 Å². The summed E-state index contributed by atoms with van der Waals surface area (Å²) >= 11 is 0. The Morgan fingerprint density at radius 3 is 2.38 bits per heavy atom. The van der Waals surface area contributed by atoms with Gasteiger partial charge < -0.3 is 10.0 Å². The smallest absolute Gasteiger partial charge is 0.424 e. The Bertz CT molecular complexity index is 92.6. The second-order valence-electron chi connectivity index (χ2n) is 2.14. The standard InChI is InChI=1S/C5H9BO2/c7-6(8)4-3-5-1-2-5/h3-5,7-8H,1-2H2. The molecule has 0 aliphatic heterocycles. The fraction of sp³-hybridized carbons (Fsp3) is 0.600. The minimum Gasteiger partial charge on any atom is -0.424 e. The van der Waals surface area contributed by atoms with Gasteiger partial charge in [0.05, 0.1) is 0 Å². The molecule has 0 saturated heterocycles. The average Bonchev–Trinajstić information content (AvgIpc) is 2.41. The van der Waals surface area contributed by atoms with Crippen molar-refractivity contribution >= 4 is 7.12 Å². The van der Waals surface area contributed by atoms with Crippen LogP contribution in [0.15, 0.2) is 12.1 Å². The fourth-order valence-corrected chi connectivity index (χ4v) is 0.545. The molecule has 1 aliphatic rings. The second-order valence-corrected chi connectivity index (χ2v) is 2.14. The van der Waals surface area contributed by atoms with Crippen LogP contribution in [0.3, 0.4) is 0 Å². The predicted octanol–water partition coefficient (Wildman–Crippen LogP) is -0.0354. The monoisotopic (exact) mass is 112 g/mol. The molecule has 44 valence electrons. The maximum Gasteiger partial charge on any atom is 0.480 e. The lowest BCUT2D eigenvalue weighted by molar-refractivity contribution is 0.424. The van der Waals surface area contributed by atoms with Crippen molar-refractivity contribution in [2.75, 3.05) is 0 Å². The van der Waals surface area contributed by atoms with Crippen molar-refractivity contribution in [3.8, 4) is 0 Å². The van der Waals surface area contributed by atoms with Gasteiger partial charge in [0.2, 0.25) is 0 Å². The van der Waals surface area contributed by atoms with Crippen LogP contribution in [-0.2, 0) is 0 Å². The van der Waals surface area contributed by atoms with Gasteiger partial charge >= 0.3 is 7.12 Å². The summed E-state index contributed by atoms with van der Waals surface area (Å²) in [7, 11) is -1.25. The first-order valence-corrected chi connectivity index (χ1v) is 2.83. The molecule has 0 aromatic heterocycles. The number of rotatable bonds is 2. The van der Waals surface area contributed by atoms with Gasteiger partial charge in [-0.3, -0.25) is 0 Å². The van der Waals surface area contributed by atoms with Crippen molar-refractivity contribution in [3.63, 3.8) is 0 Å². The van der Waals surface area contributed by atoms with Gasteiger partial charge in [-0.25, -0.2) is 0 Å². The van der Waals surface area contributed by atoms with Gasteiger partial charge in [0.15, 0.2) is 0 Å². The predicted molar refractivity (Wildman–Crippen MR) is 32.1 cm³/mol. The molecule has 1 saturated carbocycles. The number of allylic oxidation sites excluding steroid dienone is 1. The molecule has 0 spiro atoms. The van der Waals surface area contributed by atoms with E-state index in [1.807, 2.05) is 6.08 Å². The van der Waals surface area contributed by atoms with Crippen LogP contribution in [0.5, 0.6) is 0 Å². The van der Waals surface area contributed by atoms with E-state index in [0.29, 0.717) is 5.92 Å². The molecule has 2 N–H and O–H groups in total. The zero-order valence-electron chi connectivity index (χ0n) is 4.62. The molecule has 1 rings (SSSR count). The summed E-state index contributed by atoms with van der Waals surface area (Å²) < 4.78 is 0. The highest BCUT2D eigenvalue weighted by Gasteiger charge is 2.17. The van der Waals surface area contributed by atoms with Crippen molar-refractivity contribution in [1.29, 1.82) is 0 Å². The summed E-state index contributed by atoms with van der Waals surface area (Å²) in [6.45, 7) is 0. The van der Waals surface area contributed by atoms with Gasteiger partial charge in [-0.1, -0.05) is 12.1 Å². The largest absolute Gasteiger partial charge is 0.480 e. The van der Waals surface area contributed by atoms with E-state index in [0.717, 1.165) is 0 Å². The van der Waals surface area contributed by atoms with Crippen LogP contribution in [0.4, 0.5) is 0 Å². The Kier molecular flexibility index (Phi) is 1.71. The highest BCUT2D eigenvalue weighted by molar-refractivity contribution is 6.47. The summed E-state index contributed by atoms with van der Waals surface area (Å²) in [5.74, 6) is 2.05. The Morgan fingerprint density at radius 1 is 1.38 bits per heavy atom. The Balaban J connectivity index is 2.13. The molecule has 0 heterocycles. The topological polar surface area (TPSA) is 40.5 Å². The number of hydrogen-bond acceptors (Lipinski definition) is 2. The zero-order valence-corrected chi connectivity index (χ0v) is 4.62. The van der Waals surface area contributed by atoms with Crippen molar-refractivity contribution < 1.29 is 10.0 Å². The van der Waals surface area contributed by atoms with Gasteiger partial charge in [-0.05, 0) is 18.8 Å². The highest BCUT2D eigenvalue weighted by atomic mass is 16.4. The van der Waals surface area contributed by atoms with Gasteiger partial charge in [-0.2, -0.15) is 0 Å². The third kappa shape index (κ3) is 2.14. The Morgan fingerprint density at radius 2 is 2.00 bits per heavy atom. The van der Waals surface area contributed by atoms with Crippen LogP contribution < -0.4 is 0 Å². The molecular weight excluding hydrogens is 103 g/mol. The first-order chi connectivity index (χ1) is 3.79. The lowest BCUT2D eigenvalue weighted by Crippen LogP contribution is -2.05. The molecule has 1 fully saturated rings. The van der Waals surface area contributed by atoms with Crippen LogP contribution in [0, 0.1) is 5.92 Å². The summed E-state index contributed by atoms with van der Waals surface area (Å²) in [5, 5.41) is 16.6. The molecule has 0 aromatic rings. The molecule has 0 aromatic carbocycles. The zero-order chi connectivity index (χ0) is 5.98. The third-order valence-electron chi connectivity index (χ3n) is 1.18. The van der Waals surface area contributed by atoms with E-state index in [4.69, 9.17) is 10.0 Å². The lowest BCUT2D eigenvalue weighted by atomic mass is 9.91. The molecule has 0 radical (unpaired) electrons. The molecule has 0 bridgehead atoms. The van der Waals surface area contributed by atoms with Gasteiger partial charge in [0.25, 0.3) is 0 Å². The van der Waals surface area contributed by atoms with Crippen LogP contribution in [0.1, 0.15) is 12.8 Å². The van der Waals surface area contributed by atoms with E-state index >= 15 is 0 Å². The van der Waals surface area contributed by atoms with Crippen molar-refractivity contribution in [1.82, 2.24) is 0 Å². The SMILES string of the molecule is OB(O)C=CC1CC1. The molecular formula is C5H9BO2. The highest BCUT2D eigenvalue weighted by Crippen LogP contribution is 2.29. The van der Waals surface area contributed by atoms with Crippen LogP contribution >= 0.6 is 0 Å². The molecule has 0 unspecified atom stereocenters. The molecule has 0 atom stereocenters. The first kappa shape index (κ1) is 5.85. The van der Waals surface area contributed by atoms with E-state index in [-0.39, 0.29) is 0 Å². The van der Waals surface area contributed by atoms with Gasteiger partial charge in [0.1, 0.15) is 0 Å². The quantitative estimate of drug-likeness (QED) is 0.492. The molecule has 0 amide bonds. The van der Waals surface area contributed by atoms with Crippen molar-refractivity contribution in [2.24, 2.45) is 5.92 Å². The van der Waals surface area contributed by atoms with Gasteiger partial charge in [0, 0.05) is 0 Å². The average molecular weight is 112 g/mol. The van der Waals surface area contributed by atoms with Crippen molar-refractivity contribution in [2.45, 2.75) is 12.8 Å². The molecule has 3 heteroatoms. The fourth-order valence-electron chi connectivity index (χ4n) is 0.545. The summed E-state index contributed by atoms with van der Waals surface area (Å²) in [5.41, 5.74) is 0. The van der Waals surface area contributed by atoms with Gasteiger partial charge in [-0.15, -0.1) is 0 Å². The minimum atomic E-state index is -1.25. The maximum absolute atomic E-state index is 8.30. The lowest BCUT2D eigenvalue weighted by Gasteiger charge is -1.82. The molecule has 2 nitrogen and oxygen atoms in total. The Labute approximate surface area is 49.0 Å². The molecule has 8 heavy (non-hydrogen) atoms.